The molecule has 0 saturated carbocycles. The number of carbonyl (C=O) groups is 1. The molecule has 1 atom stereocenters. The fourth-order valence-electron chi connectivity index (χ4n) is 2.71. The van der Waals surface area contributed by atoms with Crippen LogP contribution in [0.15, 0.2) is 48.5 Å². The van der Waals surface area contributed by atoms with E-state index in [-0.39, 0.29) is 24.1 Å². The zero-order valence-corrected chi connectivity index (χ0v) is 14.9. The van der Waals surface area contributed by atoms with Crippen molar-refractivity contribution in [3.05, 3.63) is 75.3 Å². The highest BCUT2D eigenvalue weighted by Gasteiger charge is 2.11. The van der Waals surface area contributed by atoms with Crippen LogP contribution >= 0.6 is 0 Å². The normalized spacial score (nSPS) is 12.0. The van der Waals surface area contributed by atoms with Crippen LogP contribution in [0.5, 0.6) is 0 Å². The largest absolute Gasteiger partial charge is 0.349 e. The number of benzene rings is 2. The van der Waals surface area contributed by atoms with E-state index in [0.717, 1.165) is 17.5 Å². The van der Waals surface area contributed by atoms with Gasteiger partial charge in [0.15, 0.2) is 0 Å². The molecule has 0 fully saturated rings. The Hall–Kier alpha value is -2.69. The number of nitrogens with one attached hydrogen (secondary N) is 1. The average Bonchev–Trinajstić information content (AvgIpc) is 2.55. The van der Waals surface area contributed by atoms with E-state index in [1.165, 1.54) is 17.7 Å². The first kappa shape index (κ1) is 18.6. The summed E-state index contributed by atoms with van der Waals surface area (Å²) in [6, 6.07) is 14.3. The molecule has 0 spiro atoms. The lowest BCUT2D eigenvalue weighted by Crippen LogP contribution is -2.28. The molecule has 0 aliphatic carbocycles. The maximum absolute atomic E-state index is 12.2. The van der Waals surface area contributed by atoms with Gasteiger partial charge in [-0.2, -0.15) is 0 Å². The number of rotatable bonds is 7. The molecule has 2 aromatic carbocycles. The Labute approximate surface area is 148 Å². The summed E-state index contributed by atoms with van der Waals surface area (Å²) in [4.78, 5) is 22.4. The molecule has 0 aliphatic rings. The molecule has 0 heterocycles. The topological polar surface area (TPSA) is 72.2 Å². The predicted octanol–water partition coefficient (Wildman–Crippen LogP) is 4.21. The Morgan fingerprint density at radius 2 is 1.56 bits per heavy atom. The van der Waals surface area contributed by atoms with Crippen LogP contribution in [0.3, 0.4) is 0 Å². The summed E-state index contributed by atoms with van der Waals surface area (Å²) in [6.07, 6.45) is 1.24. The summed E-state index contributed by atoms with van der Waals surface area (Å²) < 4.78 is 0. The summed E-state index contributed by atoms with van der Waals surface area (Å²) in [5, 5.41) is 13.6. The number of non-ortho nitro benzene ring substituents is 1. The molecule has 0 bridgehead atoms. The predicted molar refractivity (Wildman–Crippen MR) is 98.3 cm³/mol. The first-order valence-electron chi connectivity index (χ1n) is 8.46. The summed E-state index contributed by atoms with van der Waals surface area (Å²) in [7, 11) is 0. The number of nitro benzene ring substituents is 1. The Kier molecular flexibility index (Phi) is 6.28. The Balaban J connectivity index is 1.91. The van der Waals surface area contributed by atoms with Gasteiger partial charge in [-0.15, -0.1) is 0 Å². The van der Waals surface area contributed by atoms with Crippen LogP contribution in [0.25, 0.3) is 0 Å². The van der Waals surface area contributed by atoms with Crippen LogP contribution in [0.1, 0.15) is 43.5 Å². The quantitative estimate of drug-likeness (QED) is 0.606. The molecule has 0 radical (unpaired) electrons. The molecule has 25 heavy (non-hydrogen) atoms. The van der Waals surface area contributed by atoms with Crippen molar-refractivity contribution >= 4 is 11.6 Å². The molecular weight excluding hydrogens is 316 g/mol. The molecule has 2 aromatic rings. The van der Waals surface area contributed by atoms with Gasteiger partial charge in [0, 0.05) is 12.1 Å². The van der Waals surface area contributed by atoms with Crippen LogP contribution in [0, 0.1) is 16.0 Å². The fraction of sp³-hybridized carbons (Fsp3) is 0.350. The van der Waals surface area contributed by atoms with Gasteiger partial charge in [0.25, 0.3) is 5.69 Å². The van der Waals surface area contributed by atoms with E-state index in [0.29, 0.717) is 5.92 Å². The van der Waals surface area contributed by atoms with Gasteiger partial charge in [0.1, 0.15) is 0 Å². The minimum Gasteiger partial charge on any atom is -0.349 e. The monoisotopic (exact) mass is 340 g/mol. The number of hydrogen-bond donors (Lipinski definition) is 1. The van der Waals surface area contributed by atoms with Gasteiger partial charge in [-0.25, -0.2) is 0 Å². The van der Waals surface area contributed by atoms with Crippen LogP contribution in [-0.4, -0.2) is 10.8 Å². The highest BCUT2D eigenvalue weighted by atomic mass is 16.6. The highest BCUT2D eigenvalue weighted by Crippen LogP contribution is 2.16. The molecule has 0 aromatic heterocycles. The van der Waals surface area contributed by atoms with Crippen molar-refractivity contribution in [3.8, 4) is 0 Å². The molecule has 0 unspecified atom stereocenters. The third-order valence-corrected chi connectivity index (χ3v) is 4.01. The van der Waals surface area contributed by atoms with Crippen LogP contribution in [0.2, 0.25) is 0 Å². The summed E-state index contributed by atoms with van der Waals surface area (Å²) in [5.74, 6) is 0.511. The van der Waals surface area contributed by atoms with Gasteiger partial charge in [-0.05, 0) is 36.0 Å². The maximum Gasteiger partial charge on any atom is 0.269 e. The third-order valence-electron chi connectivity index (χ3n) is 4.01. The lowest BCUT2D eigenvalue weighted by molar-refractivity contribution is -0.384. The van der Waals surface area contributed by atoms with Crippen LogP contribution in [0.4, 0.5) is 5.69 Å². The molecule has 2 rings (SSSR count). The van der Waals surface area contributed by atoms with E-state index >= 15 is 0 Å². The van der Waals surface area contributed by atoms with Crippen molar-refractivity contribution in [2.24, 2.45) is 5.92 Å². The molecule has 0 aliphatic heterocycles. The Morgan fingerprint density at radius 1 is 1.00 bits per heavy atom. The molecule has 132 valence electrons. The first-order valence-corrected chi connectivity index (χ1v) is 8.46. The number of nitro groups is 1. The SMILES string of the molecule is CC(C)Cc1ccc([C@@H](C)NC(=O)Cc2ccc([N+](=O)[O-])cc2)cc1. The van der Waals surface area contributed by atoms with E-state index in [2.05, 4.69) is 43.4 Å². The summed E-state index contributed by atoms with van der Waals surface area (Å²) >= 11 is 0. The second-order valence-electron chi connectivity index (χ2n) is 6.73. The second-order valence-corrected chi connectivity index (χ2v) is 6.73. The minimum absolute atomic E-state index is 0.0269. The van der Waals surface area contributed by atoms with Crippen molar-refractivity contribution in [1.29, 1.82) is 0 Å². The van der Waals surface area contributed by atoms with Crippen molar-refractivity contribution in [2.75, 3.05) is 0 Å². The van der Waals surface area contributed by atoms with Crippen LogP contribution < -0.4 is 5.32 Å². The highest BCUT2D eigenvalue weighted by molar-refractivity contribution is 5.79. The lowest BCUT2D eigenvalue weighted by atomic mass is 10.00. The molecule has 5 nitrogen and oxygen atoms in total. The molecule has 5 heteroatoms. The number of amides is 1. The smallest absolute Gasteiger partial charge is 0.269 e. The van der Waals surface area contributed by atoms with Gasteiger partial charge < -0.3 is 5.32 Å². The first-order chi connectivity index (χ1) is 11.8. The average molecular weight is 340 g/mol. The van der Waals surface area contributed by atoms with E-state index in [9.17, 15) is 14.9 Å². The maximum atomic E-state index is 12.2. The van der Waals surface area contributed by atoms with Crippen molar-refractivity contribution in [3.63, 3.8) is 0 Å². The summed E-state index contributed by atoms with van der Waals surface area (Å²) in [6.45, 7) is 6.33. The van der Waals surface area contributed by atoms with E-state index in [1.54, 1.807) is 12.1 Å². The standard InChI is InChI=1S/C20H24N2O3/c1-14(2)12-16-4-8-18(9-5-16)15(3)21-20(23)13-17-6-10-19(11-7-17)22(24)25/h4-11,14-15H,12-13H2,1-3H3,(H,21,23)/t15-/m1/s1. The van der Waals surface area contributed by atoms with E-state index in [4.69, 9.17) is 0 Å². The van der Waals surface area contributed by atoms with Crippen molar-refractivity contribution in [1.82, 2.24) is 5.32 Å². The van der Waals surface area contributed by atoms with Crippen LogP contribution in [-0.2, 0) is 17.6 Å². The Morgan fingerprint density at radius 3 is 2.08 bits per heavy atom. The lowest BCUT2D eigenvalue weighted by Gasteiger charge is -2.15. The van der Waals surface area contributed by atoms with Crippen molar-refractivity contribution < 1.29 is 9.72 Å². The second kappa shape index (κ2) is 8.42. The Bertz CT molecular complexity index is 722. The van der Waals surface area contributed by atoms with Gasteiger partial charge in [0.2, 0.25) is 5.91 Å². The number of hydrogen-bond acceptors (Lipinski definition) is 3. The molecular formula is C20H24N2O3. The molecule has 1 amide bonds. The molecule has 1 N–H and O–H groups in total. The minimum atomic E-state index is -0.450. The van der Waals surface area contributed by atoms with Crippen molar-refractivity contribution in [2.45, 2.75) is 39.7 Å². The zero-order chi connectivity index (χ0) is 18.4. The summed E-state index contributed by atoms with van der Waals surface area (Å²) in [5.41, 5.74) is 3.13. The zero-order valence-electron chi connectivity index (χ0n) is 14.9. The van der Waals surface area contributed by atoms with Gasteiger partial charge >= 0.3 is 0 Å². The van der Waals surface area contributed by atoms with E-state index in [1.807, 2.05) is 6.92 Å². The third kappa shape index (κ3) is 5.71. The van der Waals surface area contributed by atoms with Gasteiger partial charge in [0.05, 0.1) is 17.4 Å². The number of nitrogens with zero attached hydrogens (tertiary/aromatic N) is 1. The number of carbonyl (C=O) groups excluding carboxylic acids is 1. The molecule has 0 saturated heterocycles. The van der Waals surface area contributed by atoms with Gasteiger partial charge in [-0.1, -0.05) is 50.2 Å². The van der Waals surface area contributed by atoms with E-state index < -0.39 is 4.92 Å². The fourth-order valence-corrected chi connectivity index (χ4v) is 2.71. The van der Waals surface area contributed by atoms with Gasteiger partial charge in [-0.3, -0.25) is 14.9 Å².